The van der Waals surface area contributed by atoms with E-state index in [1.807, 2.05) is 6.08 Å². The predicted molar refractivity (Wildman–Crippen MR) is 168 cm³/mol. The lowest BCUT2D eigenvalue weighted by molar-refractivity contribution is 0.132. The highest BCUT2D eigenvalue weighted by Crippen LogP contribution is 2.44. The van der Waals surface area contributed by atoms with Gasteiger partial charge in [-0.3, -0.25) is 0 Å². The second-order valence-electron chi connectivity index (χ2n) is 12.3. The zero-order chi connectivity index (χ0) is 27.9. The molecule has 0 spiro atoms. The van der Waals surface area contributed by atoms with E-state index in [1.54, 1.807) is 0 Å². The van der Waals surface area contributed by atoms with E-state index in [0.29, 0.717) is 0 Å². The van der Waals surface area contributed by atoms with Crippen molar-refractivity contribution >= 4 is 17.0 Å². The van der Waals surface area contributed by atoms with E-state index in [1.165, 1.54) is 22.0 Å². The number of hydrogen-bond donors (Lipinski definition) is 0. The molecule has 0 atom stereocenters. The summed E-state index contributed by atoms with van der Waals surface area (Å²) in [7, 11) is 0. The van der Waals surface area contributed by atoms with Crippen molar-refractivity contribution in [3.63, 3.8) is 0 Å². The Morgan fingerprint density at radius 2 is 1.28 bits per heavy atom. The van der Waals surface area contributed by atoms with E-state index >= 15 is 0 Å². The van der Waals surface area contributed by atoms with Crippen LogP contribution in [-0.4, -0.2) is 10.2 Å². The fourth-order valence-electron chi connectivity index (χ4n) is 5.26. The standard InChI is InChI=1S/C37H39NO/c1-9-33-25(2)30-17-13-14-18-34(30)38(33)29-21-19-27(20-22-29)32-24-28(36(3,4)5)23-31(26-15-11-10-12-16-26)35(32)39-37(6,7)8/h9-24H,1H2,2-8H3. The van der Waals surface area contributed by atoms with Crippen LogP contribution in [0.15, 0.2) is 97.6 Å². The van der Waals surface area contributed by atoms with Crippen LogP contribution in [-0.2, 0) is 5.41 Å². The summed E-state index contributed by atoms with van der Waals surface area (Å²) in [5, 5.41) is 1.25. The van der Waals surface area contributed by atoms with E-state index in [9.17, 15) is 0 Å². The number of nitrogens with zero attached hydrogens (tertiary/aromatic N) is 1. The lowest BCUT2D eigenvalue weighted by Gasteiger charge is -2.29. The number of hydrogen-bond acceptors (Lipinski definition) is 1. The summed E-state index contributed by atoms with van der Waals surface area (Å²) in [6.45, 7) is 19.4. The molecule has 0 saturated heterocycles. The zero-order valence-electron chi connectivity index (χ0n) is 24.3. The van der Waals surface area contributed by atoms with E-state index in [-0.39, 0.29) is 11.0 Å². The second-order valence-corrected chi connectivity index (χ2v) is 12.3. The molecule has 198 valence electrons. The molecule has 0 saturated carbocycles. The maximum Gasteiger partial charge on any atom is 0.135 e. The molecule has 1 heterocycles. The smallest absolute Gasteiger partial charge is 0.135 e. The van der Waals surface area contributed by atoms with Crippen LogP contribution in [0.2, 0.25) is 0 Å². The van der Waals surface area contributed by atoms with Gasteiger partial charge in [-0.15, -0.1) is 0 Å². The fraction of sp³-hybridized carbons (Fsp3) is 0.243. The van der Waals surface area contributed by atoms with Gasteiger partial charge in [0.05, 0.1) is 5.52 Å². The van der Waals surface area contributed by atoms with Crippen LogP contribution in [0.1, 0.15) is 58.4 Å². The highest BCUT2D eigenvalue weighted by molar-refractivity contribution is 5.90. The van der Waals surface area contributed by atoms with Gasteiger partial charge >= 0.3 is 0 Å². The molecule has 0 aliphatic carbocycles. The fourth-order valence-corrected chi connectivity index (χ4v) is 5.26. The average Bonchev–Trinajstić information content (AvgIpc) is 3.19. The molecule has 0 radical (unpaired) electrons. The van der Waals surface area contributed by atoms with E-state index in [4.69, 9.17) is 4.74 Å². The van der Waals surface area contributed by atoms with Crippen molar-refractivity contribution in [1.29, 1.82) is 0 Å². The number of para-hydroxylation sites is 1. The molecule has 0 unspecified atom stereocenters. The van der Waals surface area contributed by atoms with Crippen molar-refractivity contribution in [1.82, 2.24) is 4.57 Å². The Morgan fingerprint density at radius 3 is 1.85 bits per heavy atom. The molecule has 0 bridgehead atoms. The Kier molecular flexibility index (Phi) is 6.76. The molecule has 5 aromatic rings. The summed E-state index contributed by atoms with van der Waals surface area (Å²) >= 11 is 0. The lowest BCUT2D eigenvalue weighted by atomic mass is 9.82. The third kappa shape index (κ3) is 5.16. The largest absolute Gasteiger partial charge is 0.487 e. The van der Waals surface area contributed by atoms with Crippen molar-refractivity contribution in [2.45, 2.75) is 59.5 Å². The first-order chi connectivity index (χ1) is 18.5. The number of aromatic nitrogens is 1. The van der Waals surface area contributed by atoms with Gasteiger partial charge in [-0.1, -0.05) is 88.0 Å². The van der Waals surface area contributed by atoms with Crippen molar-refractivity contribution in [3.05, 3.63) is 114 Å². The van der Waals surface area contributed by atoms with Crippen molar-refractivity contribution < 1.29 is 4.74 Å². The molecular weight excluding hydrogens is 474 g/mol. The number of fused-ring (bicyclic) bond motifs is 1. The molecule has 0 amide bonds. The first-order valence-corrected chi connectivity index (χ1v) is 13.7. The molecule has 4 aromatic carbocycles. The summed E-state index contributed by atoms with van der Waals surface area (Å²) < 4.78 is 9.03. The van der Waals surface area contributed by atoms with Crippen LogP contribution in [0.5, 0.6) is 5.75 Å². The molecule has 1 aromatic heterocycles. The number of ether oxygens (including phenoxy) is 1. The topological polar surface area (TPSA) is 14.2 Å². The molecule has 0 fully saturated rings. The molecule has 2 nitrogen and oxygen atoms in total. The Bertz CT molecular complexity index is 1640. The Hall–Kier alpha value is -4.04. The zero-order valence-corrected chi connectivity index (χ0v) is 24.3. The predicted octanol–water partition coefficient (Wildman–Crippen LogP) is 10.4. The van der Waals surface area contributed by atoms with Crippen LogP contribution in [0.3, 0.4) is 0 Å². The third-order valence-corrected chi connectivity index (χ3v) is 7.25. The Morgan fingerprint density at radius 1 is 0.718 bits per heavy atom. The monoisotopic (exact) mass is 513 g/mol. The van der Waals surface area contributed by atoms with Crippen LogP contribution >= 0.6 is 0 Å². The second kappa shape index (κ2) is 9.93. The van der Waals surface area contributed by atoms with Crippen molar-refractivity contribution in [2.75, 3.05) is 0 Å². The van der Waals surface area contributed by atoms with Crippen molar-refractivity contribution in [3.8, 4) is 33.7 Å². The SMILES string of the molecule is C=Cc1c(C)c2ccccc2n1-c1ccc(-c2cc(C(C)(C)C)cc(-c3ccccc3)c2OC(C)(C)C)cc1. The number of aryl methyl sites for hydroxylation is 1. The van der Waals surface area contributed by atoms with E-state index in [0.717, 1.165) is 39.4 Å². The minimum atomic E-state index is -0.345. The highest BCUT2D eigenvalue weighted by Gasteiger charge is 2.25. The van der Waals surface area contributed by atoms with Gasteiger partial charge in [0, 0.05) is 27.9 Å². The quantitative estimate of drug-likeness (QED) is 0.228. The molecule has 5 rings (SSSR count). The molecule has 0 aliphatic heterocycles. The minimum absolute atomic E-state index is 0.0150. The summed E-state index contributed by atoms with van der Waals surface area (Å²) in [6.07, 6.45) is 1.96. The Balaban J connectivity index is 1.73. The summed E-state index contributed by atoms with van der Waals surface area (Å²) in [5.74, 6) is 0.920. The van der Waals surface area contributed by atoms with Crippen LogP contribution < -0.4 is 4.74 Å². The van der Waals surface area contributed by atoms with Gasteiger partial charge in [-0.25, -0.2) is 0 Å². The van der Waals surface area contributed by atoms with Gasteiger partial charge in [0.25, 0.3) is 0 Å². The number of benzene rings is 4. The lowest BCUT2D eigenvalue weighted by Crippen LogP contribution is -2.24. The van der Waals surface area contributed by atoms with Gasteiger partial charge in [-0.2, -0.15) is 0 Å². The Labute approximate surface area is 233 Å². The molecule has 39 heavy (non-hydrogen) atoms. The maximum atomic E-state index is 6.73. The normalized spacial score (nSPS) is 12.1. The molecule has 0 aliphatic rings. The maximum absolute atomic E-state index is 6.73. The first kappa shape index (κ1) is 26.6. The molecule has 2 heteroatoms. The van der Waals surface area contributed by atoms with Crippen LogP contribution in [0.25, 0.3) is 44.9 Å². The van der Waals surface area contributed by atoms with Gasteiger partial charge < -0.3 is 9.30 Å². The summed E-state index contributed by atoms with van der Waals surface area (Å²) in [5.41, 5.74) is 10.1. The van der Waals surface area contributed by atoms with Gasteiger partial charge in [-0.05, 0) is 91.8 Å². The highest BCUT2D eigenvalue weighted by atomic mass is 16.5. The van der Waals surface area contributed by atoms with Gasteiger partial charge in [0.2, 0.25) is 0 Å². The average molecular weight is 514 g/mol. The number of rotatable bonds is 5. The summed E-state index contributed by atoms with van der Waals surface area (Å²) in [4.78, 5) is 0. The van der Waals surface area contributed by atoms with Gasteiger partial charge in [0.15, 0.2) is 0 Å². The van der Waals surface area contributed by atoms with Crippen LogP contribution in [0.4, 0.5) is 0 Å². The molecular formula is C37H39NO. The van der Waals surface area contributed by atoms with E-state index < -0.39 is 0 Å². The van der Waals surface area contributed by atoms with Gasteiger partial charge in [0.1, 0.15) is 11.4 Å². The van der Waals surface area contributed by atoms with E-state index in [2.05, 4.69) is 151 Å². The van der Waals surface area contributed by atoms with Crippen molar-refractivity contribution in [2.24, 2.45) is 0 Å². The summed E-state index contributed by atoms with van der Waals surface area (Å²) in [6, 6.07) is 32.6. The van der Waals surface area contributed by atoms with Crippen LogP contribution in [0, 0.1) is 6.92 Å². The third-order valence-electron chi connectivity index (χ3n) is 7.25. The first-order valence-electron chi connectivity index (χ1n) is 13.7. The molecule has 0 N–H and O–H groups in total. The minimum Gasteiger partial charge on any atom is -0.487 e.